The van der Waals surface area contributed by atoms with Crippen LogP contribution >= 0.6 is 0 Å². The molecule has 4 nitrogen and oxygen atoms in total. The van der Waals surface area contributed by atoms with Crippen molar-refractivity contribution in [2.75, 3.05) is 13.6 Å². The predicted octanol–water partition coefficient (Wildman–Crippen LogP) is 2.17. The van der Waals surface area contributed by atoms with Gasteiger partial charge in [-0.3, -0.25) is 4.79 Å². The Kier molecular flexibility index (Phi) is 3.78. The van der Waals surface area contributed by atoms with Gasteiger partial charge in [0.05, 0.1) is 4.90 Å². The van der Waals surface area contributed by atoms with Gasteiger partial charge in [0.1, 0.15) is 0 Å². The van der Waals surface area contributed by atoms with Crippen LogP contribution in [0.3, 0.4) is 0 Å². The van der Waals surface area contributed by atoms with Crippen molar-refractivity contribution in [1.82, 2.24) is 4.31 Å². The molecule has 0 saturated heterocycles. The fourth-order valence-corrected chi connectivity index (χ4v) is 3.41. The molecule has 0 amide bonds. The maximum absolute atomic E-state index is 12.4. The third-order valence-corrected chi connectivity index (χ3v) is 5.54. The lowest BCUT2D eigenvalue weighted by Crippen LogP contribution is -2.29. The molecule has 2 unspecified atom stereocenters. The minimum Gasteiger partial charge on any atom is -0.295 e. The van der Waals surface area contributed by atoms with Crippen molar-refractivity contribution >= 4 is 15.8 Å². The molecule has 0 spiro atoms. The van der Waals surface area contributed by atoms with Crippen molar-refractivity contribution in [1.29, 1.82) is 0 Å². The number of rotatable bonds is 5. The van der Waals surface area contributed by atoms with E-state index in [1.807, 2.05) is 0 Å². The van der Waals surface area contributed by atoms with Gasteiger partial charge in [-0.25, -0.2) is 12.7 Å². The van der Waals surface area contributed by atoms with Gasteiger partial charge >= 0.3 is 0 Å². The summed E-state index contributed by atoms with van der Waals surface area (Å²) in [6, 6.07) is 6.22. The first-order valence-electron chi connectivity index (χ1n) is 6.39. The molecular formula is C14H19NO3S. The molecule has 1 aromatic carbocycles. The van der Waals surface area contributed by atoms with Crippen LogP contribution in [0.1, 0.15) is 30.6 Å². The first-order chi connectivity index (χ1) is 8.82. The zero-order valence-electron chi connectivity index (χ0n) is 11.5. The number of sulfonamides is 1. The molecule has 0 aromatic heterocycles. The van der Waals surface area contributed by atoms with E-state index >= 15 is 0 Å². The van der Waals surface area contributed by atoms with Crippen LogP contribution in [0.2, 0.25) is 0 Å². The number of hydrogen-bond donors (Lipinski definition) is 0. The molecule has 0 radical (unpaired) electrons. The first kappa shape index (κ1) is 14.2. The van der Waals surface area contributed by atoms with E-state index in [0.717, 1.165) is 6.42 Å². The van der Waals surface area contributed by atoms with Crippen molar-refractivity contribution in [3.63, 3.8) is 0 Å². The van der Waals surface area contributed by atoms with Gasteiger partial charge < -0.3 is 0 Å². The summed E-state index contributed by atoms with van der Waals surface area (Å²) in [5.74, 6) is 0.951. The zero-order valence-corrected chi connectivity index (χ0v) is 12.3. The average Bonchev–Trinajstić information content (AvgIpc) is 3.05. The topological polar surface area (TPSA) is 54.5 Å². The second-order valence-electron chi connectivity index (χ2n) is 5.34. The van der Waals surface area contributed by atoms with Crippen molar-refractivity contribution in [3.05, 3.63) is 29.8 Å². The summed E-state index contributed by atoms with van der Waals surface area (Å²) >= 11 is 0. The molecule has 5 heteroatoms. The molecule has 1 aliphatic rings. The van der Waals surface area contributed by atoms with Crippen molar-refractivity contribution in [3.8, 4) is 0 Å². The highest BCUT2D eigenvalue weighted by molar-refractivity contribution is 7.89. The molecule has 0 aliphatic heterocycles. The molecule has 0 heterocycles. The Balaban J connectivity index is 2.23. The number of ketones is 1. The Morgan fingerprint density at radius 2 is 2.05 bits per heavy atom. The van der Waals surface area contributed by atoms with Gasteiger partial charge in [-0.1, -0.05) is 19.1 Å². The molecule has 0 N–H and O–H groups in total. The van der Waals surface area contributed by atoms with Crippen LogP contribution in [0, 0.1) is 11.8 Å². The van der Waals surface area contributed by atoms with Gasteiger partial charge in [-0.05, 0) is 37.3 Å². The van der Waals surface area contributed by atoms with E-state index in [4.69, 9.17) is 0 Å². The van der Waals surface area contributed by atoms with E-state index in [1.165, 1.54) is 23.4 Å². The number of hydrogen-bond acceptors (Lipinski definition) is 3. The molecule has 19 heavy (non-hydrogen) atoms. The van der Waals surface area contributed by atoms with Crippen LogP contribution in [-0.4, -0.2) is 32.1 Å². The van der Waals surface area contributed by atoms with Gasteiger partial charge in [0, 0.05) is 19.2 Å². The number of Topliss-reactive ketones (excluding diaryl/α,β-unsaturated/α-hetero) is 1. The summed E-state index contributed by atoms with van der Waals surface area (Å²) in [4.78, 5) is 11.5. The number of nitrogens with zero attached hydrogens (tertiary/aromatic N) is 1. The Hall–Kier alpha value is -1.20. The van der Waals surface area contributed by atoms with E-state index in [2.05, 4.69) is 6.92 Å². The number of carbonyl (C=O) groups is 1. The Morgan fingerprint density at radius 3 is 2.58 bits per heavy atom. The molecule has 2 rings (SSSR count). The van der Waals surface area contributed by atoms with E-state index in [1.54, 1.807) is 19.2 Å². The first-order valence-corrected chi connectivity index (χ1v) is 7.83. The monoisotopic (exact) mass is 281 g/mol. The van der Waals surface area contributed by atoms with Crippen molar-refractivity contribution in [2.45, 2.75) is 25.2 Å². The second-order valence-corrected chi connectivity index (χ2v) is 7.39. The summed E-state index contributed by atoms with van der Waals surface area (Å²) in [6.45, 7) is 4.11. The van der Waals surface area contributed by atoms with E-state index in [0.29, 0.717) is 23.9 Å². The van der Waals surface area contributed by atoms with E-state index in [-0.39, 0.29) is 10.7 Å². The lowest BCUT2D eigenvalue weighted by Gasteiger charge is -2.17. The van der Waals surface area contributed by atoms with Crippen LogP contribution in [0.25, 0.3) is 0 Å². The SMILES string of the molecule is CC(=O)c1cccc(S(=O)(=O)N(C)CC2CC2C)c1. The minimum absolute atomic E-state index is 0.129. The Bertz CT molecular complexity index is 594. The van der Waals surface area contributed by atoms with Gasteiger partial charge in [-0.15, -0.1) is 0 Å². The fourth-order valence-electron chi connectivity index (χ4n) is 2.14. The molecule has 104 valence electrons. The third-order valence-electron chi connectivity index (χ3n) is 3.72. The predicted molar refractivity (Wildman–Crippen MR) is 73.5 cm³/mol. The molecule has 1 fully saturated rings. The lowest BCUT2D eigenvalue weighted by atomic mass is 10.2. The average molecular weight is 281 g/mol. The summed E-state index contributed by atoms with van der Waals surface area (Å²) in [5.41, 5.74) is 0.425. The Morgan fingerprint density at radius 1 is 1.42 bits per heavy atom. The summed E-state index contributed by atoms with van der Waals surface area (Å²) in [7, 11) is -1.89. The van der Waals surface area contributed by atoms with Crippen LogP contribution in [-0.2, 0) is 10.0 Å². The quantitative estimate of drug-likeness (QED) is 0.777. The van der Waals surface area contributed by atoms with Gasteiger partial charge in [0.2, 0.25) is 10.0 Å². The maximum atomic E-state index is 12.4. The van der Waals surface area contributed by atoms with Crippen LogP contribution < -0.4 is 0 Å². The molecule has 2 atom stereocenters. The van der Waals surface area contributed by atoms with Gasteiger partial charge in [0.15, 0.2) is 5.78 Å². The highest BCUT2D eigenvalue weighted by atomic mass is 32.2. The summed E-state index contributed by atoms with van der Waals surface area (Å²) < 4.78 is 26.2. The van der Waals surface area contributed by atoms with E-state index < -0.39 is 10.0 Å². The molecule has 1 aromatic rings. The Labute approximate surface area is 114 Å². The molecule has 1 saturated carbocycles. The lowest BCUT2D eigenvalue weighted by molar-refractivity contribution is 0.101. The molecule has 0 bridgehead atoms. The highest BCUT2D eigenvalue weighted by Crippen LogP contribution is 2.38. The molecular weight excluding hydrogens is 262 g/mol. The zero-order chi connectivity index (χ0) is 14.2. The fraction of sp³-hybridized carbons (Fsp3) is 0.500. The smallest absolute Gasteiger partial charge is 0.242 e. The standard InChI is InChI=1S/C14H19NO3S/c1-10-7-13(10)9-15(3)19(17,18)14-6-4-5-12(8-14)11(2)16/h4-6,8,10,13H,7,9H2,1-3H3. The van der Waals surface area contributed by atoms with Crippen molar-refractivity contribution < 1.29 is 13.2 Å². The number of carbonyl (C=O) groups excluding carboxylic acids is 1. The van der Waals surface area contributed by atoms with Crippen LogP contribution in [0.4, 0.5) is 0 Å². The van der Waals surface area contributed by atoms with Crippen LogP contribution in [0.5, 0.6) is 0 Å². The van der Waals surface area contributed by atoms with E-state index in [9.17, 15) is 13.2 Å². The normalized spacial score (nSPS) is 22.5. The number of benzene rings is 1. The van der Waals surface area contributed by atoms with Crippen LogP contribution in [0.15, 0.2) is 29.2 Å². The summed E-state index contributed by atoms with van der Waals surface area (Å²) in [6.07, 6.45) is 1.09. The maximum Gasteiger partial charge on any atom is 0.242 e. The second kappa shape index (κ2) is 5.06. The molecule has 1 aliphatic carbocycles. The van der Waals surface area contributed by atoms with Gasteiger partial charge in [-0.2, -0.15) is 0 Å². The minimum atomic E-state index is -3.49. The third kappa shape index (κ3) is 3.04. The largest absolute Gasteiger partial charge is 0.295 e. The summed E-state index contributed by atoms with van der Waals surface area (Å²) in [5, 5.41) is 0. The van der Waals surface area contributed by atoms with Crippen molar-refractivity contribution in [2.24, 2.45) is 11.8 Å². The van der Waals surface area contributed by atoms with Gasteiger partial charge in [0.25, 0.3) is 0 Å². The highest BCUT2D eigenvalue weighted by Gasteiger charge is 2.36.